The van der Waals surface area contributed by atoms with Crippen LogP contribution in [0.5, 0.6) is 0 Å². The lowest BCUT2D eigenvalue weighted by Crippen LogP contribution is -2.53. The van der Waals surface area contributed by atoms with Crippen molar-refractivity contribution in [3.05, 3.63) is 59.9 Å². The number of aromatic nitrogens is 2. The Bertz CT molecular complexity index is 692. The van der Waals surface area contributed by atoms with Gasteiger partial charge in [-0.2, -0.15) is 5.10 Å². The molecule has 2 aliphatic heterocycles. The van der Waals surface area contributed by atoms with E-state index >= 15 is 0 Å². The lowest BCUT2D eigenvalue weighted by molar-refractivity contribution is -0.0402. The summed E-state index contributed by atoms with van der Waals surface area (Å²) in [6.07, 6.45) is 7.59. The number of hydrogen-bond acceptors (Lipinski definition) is 3. The summed E-state index contributed by atoms with van der Waals surface area (Å²) in [6.45, 7) is 5.65. The van der Waals surface area contributed by atoms with Crippen LogP contribution in [0.3, 0.4) is 0 Å². The second kappa shape index (κ2) is 6.30. The highest BCUT2D eigenvalue weighted by Crippen LogP contribution is 2.33. The van der Waals surface area contributed by atoms with Crippen LogP contribution in [0.1, 0.15) is 24.5 Å². The number of rotatable bonds is 4. The van der Waals surface area contributed by atoms with Crippen molar-refractivity contribution < 1.29 is 4.74 Å². The summed E-state index contributed by atoms with van der Waals surface area (Å²) < 4.78 is 7.81. The van der Waals surface area contributed by atoms with Crippen LogP contribution in [0, 0.1) is 0 Å². The maximum atomic E-state index is 5.81. The number of aryl methyl sites for hydroxylation is 1. The zero-order valence-electron chi connectivity index (χ0n) is 13.6. The van der Waals surface area contributed by atoms with Gasteiger partial charge in [0.25, 0.3) is 0 Å². The highest BCUT2D eigenvalue weighted by atomic mass is 16.5. The quantitative estimate of drug-likeness (QED) is 0.870. The average Bonchev–Trinajstić information content (AvgIpc) is 3.05. The van der Waals surface area contributed by atoms with Crippen LogP contribution in [0.4, 0.5) is 0 Å². The van der Waals surface area contributed by atoms with Gasteiger partial charge < -0.3 is 4.74 Å². The van der Waals surface area contributed by atoms with Crippen molar-refractivity contribution in [2.75, 3.05) is 13.2 Å². The van der Waals surface area contributed by atoms with E-state index in [1.807, 2.05) is 10.9 Å². The molecule has 0 amide bonds. The second-order valence-electron chi connectivity index (χ2n) is 6.40. The number of ether oxygens (including phenoxy) is 1. The first-order valence-corrected chi connectivity index (χ1v) is 8.44. The van der Waals surface area contributed by atoms with Crippen molar-refractivity contribution in [1.82, 2.24) is 14.7 Å². The van der Waals surface area contributed by atoms with E-state index in [0.29, 0.717) is 12.1 Å². The molecule has 2 bridgehead atoms. The molecule has 4 nitrogen and oxygen atoms in total. The van der Waals surface area contributed by atoms with Crippen LogP contribution in [0.15, 0.2) is 48.8 Å². The highest BCUT2D eigenvalue weighted by Gasteiger charge is 2.35. The number of hydrogen-bond donors (Lipinski definition) is 0. The van der Waals surface area contributed by atoms with E-state index in [1.54, 1.807) is 0 Å². The Balaban J connectivity index is 1.58. The molecule has 0 aliphatic carbocycles. The average molecular weight is 309 g/mol. The minimum Gasteiger partial charge on any atom is -0.378 e. The third-order valence-corrected chi connectivity index (χ3v) is 4.88. The standard InChI is InChI=1S/C19H23N3O/c1-2-21-12-17(10-20-21)16-8-18-13-23-14-19(9-16)22(18)11-15-6-4-3-5-7-15/h3-8,10,12,18-19H,2,9,11,13-14H2,1H3. The molecule has 0 spiro atoms. The van der Waals surface area contributed by atoms with Gasteiger partial charge >= 0.3 is 0 Å². The van der Waals surface area contributed by atoms with Crippen LogP contribution >= 0.6 is 0 Å². The maximum Gasteiger partial charge on any atom is 0.0658 e. The first kappa shape index (κ1) is 14.7. The summed E-state index contributed by atoms with van der Waals surface area (Å²) in [6, 6.07) is 11.6. The van der Waals surface area contributed by atoms with Crippen LogP contribution in [-0.4, -0.2) is 40.0 Å². The van der Waals surface area contributed by atoms with E-state index < -0.39 is 0 Å². The van der Waals surface area contributed by atoms with Crippen LogP contribution < -0.4 is 0 Å². The normalized spacial score (nSPS) is 24.5. The summed E-state index contributed by atoms with van der Waals surface area (Å²) in [7, 11) is 0. The van der Waals surface area contributed by atoms with Gasteiger partial charge in [-0.3, -0.25) is 9.58 Å². The van der Waals surface area contributed by atoms with Gasteiger partial charge in [-0.05, 0) is 24.5 Å². The molecular weight excluding hydrogens is 286 g/mol. The van der Waals surface area contributed by atoms with Crippen LogP contribution in [0.25, 0.3) is 5.57 Å². The van der Waals surface area contributed by atoms with Crippen molar-refractivity contribution in [3.63, 3.8) is 0 Å². The molecule has 0 saturated carbocycles. The summed E-state index contributed by atoms with van der Waals surface area (Å²) in [5, 5.41) is 4.42. The smallest absolute Gasteiger partial charge is 0.0658 e. The number of fused-ring (bicyclic) bond motifs is 2. The fraction of sp³-hybridized carbons (Fsp3) is 0.421. The van der Waals surface area contributed by atoms with Gasteiger partial charge in [0.05, 0.1) is 25.5 Å². The molecule has 4 rings (SSSR count). The fourth-order valence-electron chi connectivity index (χ4n) is 3.62. The number of benzene rings is 1. The molecule has 1 fully saturated rings. The molecule has 120 valence electrons. The Morgan fingerprint density at radius 3 is 2.83 bits per heavy atom. The molecule has 2 aliphatic rings. The molecule has 2 atom stereocenters. The highest BCUT2D eigenvalue weighted by molar-refractivity contribution is 5.66. The van der Waals surface area contributed by atoms with Crippen molar-refractivity contribution in [1.29, 1.82) is 0 Å². The zero-order chi connectivity index (χ0) is 15.6. The van der Waals surface area contributed by atoms with Crippen molar-refractivity contribution in [2.45, 2.75) is 38.5 Å². The van der Waals surface area contributed by atoms with Gasteiger partial charge in [-0.15, -0.1) is 0 Å². The Morgan fingerprint density at radius 1 is 1.22 bits per heavy atom. The van der Waals surface area contributed by atoms with Crippen LogP contribution in [-0.2, 0) is 17.8 Å². The third-order valence-electron chi connectivity index (χ3n) is 4.88. The molecule has 2 unspecified atom stereocenters. The third kappa shape index (κ3) is 2.96. The summed E-state index contributed by atoms with van der Waals surface area (Å²) >= 11 is 0. The Morgan fingerprint density at radius 2 is 2.09 bits per heavy atom. The van der Waals surface area contributed by atoms with Gasteiger partial charge in [0.2, 0.25) is 0 Å². The zero-order valence-corrected chi connectivity index (χ0v) is 13.6. The number of morpholine rings is 1. The summed E-state index contributed by atoms with van der Waals surface area (Å²) in [5.74, 6) is 0. The summed E-state index contributed by atoms with van der Waals surface area (Å²) in [5.41, 5.74) is 4.07. The maximum absolute atomic E-state index is 5.81. The molecule has 1 aromatic carbocycles. The van der Waals surface area contributed by atoms with E-state index in [4.69, 9.17) is 4.74 Å². The van der Waals surface area contributed by atoms with Crippen molar-refractivity contribution in [3.8, 4) is 0 Å². The second-order valence-corrected chi connectivity index (χ2v) is 6.40. The van der Waals surface area contributed by atoms with Gasteiger partial charge in [0.15, 0.2) is 0 Å². The van der Waals surface area contributed by atoms with Gasteiger partial charge in [0.1, 0.15) is 0 Å². The van der Waals surface area contributed by atoms with Crippen LogP contribution in [0.2, 0.25) is 0 Å². The largest absolute Gasteiger partial charge is 0.378 e. The molecule has 2 aromatic rings. The Hall–Kier alpha value is -1.91. The van der Waals surface area contributed by atoms with E-state index in [2.05, 4.69) is 59.5 Å². The van der Waals surface area contributed by atoms with E-state index in [9.17, 15) is 0 Å². The molecular formula is C19H23N3O. The van der Waals surface area contributed by atoms with E-state index in [-0.39, 0.29) is 0 Å². The molecule has 3 heterocycles. The van der Waals surface area contributed by atoms with Gasteiger partial charge in [0, 0.05) is 30.9 Å². The lowest BCUT2D eigenvalue weighted by Gasteiger charge is -2.44. The molecule has 0 radical (unpaired) electrons. The Labute approximate surface area is 137 Å². The van der Waals surface area contributed by atoms with Crippen molar-refractivity contribution in [2.24, 2.45) is 0 Å². The first-order valence-electron chi connectivity index (χ1n) is 8.44. The minimum atomic E-state index is 0.364. The fourth-order valence-corrected chi connectivity index (χ4v) is 3.62. The monoisotopic (exact) mass is 309 g/mol. The molecule has 1 saturated heterocycles. The van der Waals surface area contributed by atoms with Gasteiger partial charge in [-0.25, -0.2) is 0 Å². The van der Waals surface area contributed by atoms with E-state index in [1.165, 1.54) is 16.7 Å². The first-order chi connectivity index (χ1) is 11.3. The molecule has 0 N–H and O–H groups in total. The SMILES string of the molecule is CCn1cc(C2=CC3COCC(C2)N3Cc2ccccc2)cn1. The van der Waals surface area contributed by atoms with E-state index in [0.717, 1.165) is 32.7 Å². The van der Waals surface area contributed by atoms with Crippen molar-refractivity contribution >= 4 is 5.57 Å². The lowest BCUT2D eigenvalue weighted by atomic mass is 9.90. The van der Waals surface area contributed by atoms with Gasteiger partial charge in [-0.1, -0.05) is 36.4 Å². The molecule has 1 aromatic heterocycles. The predicted molar refractivity (Wildman–Crippen MR) is 90.9 cm³/mol. The Kier molecular flexibility index (Phi) is 4.02. The molecule has 4 heteroatoms. The predicted octanol–water partition coefficient (Wildman–Crippen LogP) is 2.96. The topological polar surface area (TPSA) is 30.3 Å². The number of nitrogens with zero attached hydrogens (tertiary/aromatic N) is 3. The summed E-state index contributed by atoms with van der Waals surface area (Å²) in [4.78, 5) is 2.59. The molecule has 23 heavy (non-hydrogen) atoms. The minimum absolute atomic E-state index is 0.364.